The number of rotatable bonds is 4. The van der Waals surface area contributed by atoms with Gasteiger partial charge in [0, 0.05) is 34.8 Å². The van der Waals surface area contributed by atoms with Crippen molar-refractivity contribution < 1.29 is 9.59 Å². The summed E-state index contributed by atoms with van der Waals surface area (Å²) in [6.45, 7) is 2.71. The van der Waals surface area contributed by atoms with Gasteiger partial charge in [0.2, 0.25) is 0 Å². The summed E-state index contributed by atoms with van der Waals surface area (Å²) in [6.07, 6.45) is 4.60. The van der Waals surface area contributed by atoms with E-state index in [4.69, 9.17) is 23.2 Å². The largest absolute Gasteiger partial charge is 0.342 e. The second-order valence-corrected chi connectivity index (χ2v) is 8.70. The van der Waals surface area contributed by atoms with Gasteiger partial charge in [-0.05, 0) is 35.8 Å². The molecule has 32 heavy (non-hydrogen) atoms. The maximum atomic E-state index is 12.9. The molecule has 0 unspecified atom stereocenters. The molecule has 158 valence electrons. The summed E-state index contributed by atoms with van der Waals surface area (Å²) < 4.78 is 2.15. The van der Waals surface area contributed by atoms with E-state index in [1.165, 1.54) is 5.56 Å². The number of nitrogens with zero attached hydrogens (tertiary/aromatic N) is 1. The Hall–Kier alpha value is -3.14. The number of aryl methyl sites for hydroxylation is 1. The number of para-hydroxylation sites is 1. The van der Waals surface area contributed by atoms with Crippen LogP contribution in [0.2, 0.25) is 10.0 Å². The van der Waals surface area contributed by atoms with E-state index >= 15 is 0 Å². The average molecular weight is 460 g/mol. The third-order valence-corrected chi connectivity index (χ3v) is 6.67. The van der Waals surface area contributed by atoms with Crippen molar-refractivity contribution in [1.82, 2.24) is 4.57 Å². The average Bonchev–Trinajstić information content (AvgIpc) is 3.27. The summed E-state index contributed by atoms with van der Waals surface area (Å²) in [5.41, 5.74) is 5.29. The molecule has 1 aliphatic rings. The zero-order valence-corrected chi connectivity index (χ0v) is 18.9. The van der Waals surface area contributed by atoms with Crippen molar-refractivity contribution in [3.8, 4) is 0 Å². The standard InChI is InChI=1S/C27H19Cl2NO2/c1-2-17-6-5-9-19-18(13-22-26(31)20-7-3-4-8-21(20)27(22)32)15-30(25(17)19)14-16-10-11-23(28)24(29)12-16/h3-13,15H,2,14H2,1H3. The van der Waals surface area contributed by atoms with Crippen molar-refractivity contribution in [2.45, 2.75) is 19.9 Å². The van der Waals surface area contributed by atoms with Crippen molar-refractivity contribution in [2.75, 3.05) is 0 Å². The second kappa shape index (κ2) is 8.09. The van der Waals surface area contributed by atoms with Crippen LogP contribution in [-0.4, -0.2) is 16.1 Å². The molecule has 0 N–H and O–H groups in total. The molecule has 1 aliphatic carbocycles. The van der Waals surface area contributed by atoms with Gasteiger partial charge in [-0.15, -0.1) is 0 Å². The van der Waals surface area contributed by atoms with E-state index in [-0.39, 0.29) is 17.1 Å². The van der Waals surface area contributed by atoms with Crippen LogP contribution >= 0.6 is 23.2 Å². The van der Waals surface area contributed by atoms with E-state index in [1.54, 1.807) is 36.4 Å². The maximum absolute atomic E-state index is 12.9. The van der Waals surface area contributed by atoms with Gasteiger partial charge in [0.15, 0.2) is 11.6 Å². The van der Waals surface area contributed by atoms with Crippen LogP contribution in [0.4, 0.5) is 0 Å². The van der Waals surface area contributed by atoms with Crippen LogP contribution in [0.5, 0.6) is 0 Å². The molecule has 0 amide bonds. The highest BCUT2D eigenvalue weighted by Crippen LogP contribution is 2.32. The van der Waals surface area contributed by atoms with E-state index in [0.29, 0.717) is 27.7 Å². The molecule has 5 heteroatoms. The minimum absolute atomic E-state index is 0.210. The van der Waals surface area contributed by atoms with E-state index in [1.807, 2.05) is 30.5 Å². The summed E-state index contributed by atoms with van der Waals surface area (Å²) in [6, 6.07) is 18.7. The molecule has 3 aromatic carbocycles. The quantitative estimate of drug-likeness (QED) is 0.243. The Kier molecular flexibility index (Phi) is 5.24. The van der Waals surface area contributed by atoms with Crippen molar-refractivity contribution in [1.29, 1.82) is 0 Å². The number of carbonyl (C=O) groups excluding carboxylic acids is 2. The molecule has 0 fully saturated rings. The van der Waals surface area contributed by atoms with Crippen LogP contribution in [0.3, 0.4) is 0 Å². The smallest absolute Gasteiger partial charge is 0.197 e. The molecule has 3 nitrogen and oxygen atoms in total. The Balaban J connectivity index is 1.65. The molecule has 0 spiro atoms. The van der Waals surface area contributed by atoms with E-state index in [2.05, 4.69) is 17.6 Å². The fraction of sp³-hybridized carbons (Fsp3) is 0.111. The van der Waals surface area contributed by atoms with Gasteiger partial charge in [-0.25, -0.2) is 0 Å². The van der Waals surface area contributed by atoms with Crippen molar-refractivity contribution in [2.24, 2.45) is 0 Å². The van der Waals surface area contributed by atoms with Gasteiger partial charge >= 0.3 is 0 Å². The topological polar surface area (TPSA) is 39.1 Å². The predicted molar refractivity (Wildman–Crippen MR) is 130 cm³/mol. The summed E-state index contributed by atoms with van der Waals surface area (Å²) in [5.74, 6) is -0.440. The van der Waals surface area contributed by atoms with Crippen LogP contribution in [-0.2, 0) is 13.0 Å². The van der Waals surface area contributed by atoms with Gasteiger partial charge in [0.05, 0.1) is 21.1 Å². The molecule has 0 radical (unpaired) electrons. The SMILES string of the molecule is CCc1cccc2c(C=C3C(=O)c4ccccc4C3=O)cn(Cc3ccc(Cl)c(Cl)c3)c12. The van der Waals surface area contributed by atoms with Crippen LogP contribution < -0.4 is 0 Å². The lowest BCUT2D eigenvalue weighted by Crippen LogP contribution is -2.00. The molecule has 5 rings (SSSR count). The van der Waals surface area contributed by atoms with E-state index in [0.717, 1.165) is 28.5 Å². The van der Waals surface area contributed by atoms with E-state index < -0.39 is 0 Å². The van der Waals surface area contributed by atoms with Gasteiger partial charge in [0.25, 0.3) is 0 Å². The number of aromatic nitrogens is 1. The first-order valence-electron chi connectivity index (χ1n) is 10.4. The second-order valence-electron chi connectivity index (χ2n) is 7.89. The monoisotopic (exact) mass is 459 g/mol. The van der Waals surface area contributed by atoms with Crippen LogP contribution in [0.15, 0.2) is 72.4 Å². The summed E-state index contributed by atoms with van der Waals surface area (Å²) >= 11 is 12.3. The number of allylic oxidation sites excluding steroid dienone is 1. The molecule has 0 bridgehead atoms. The van der Waals surface area contributed by atoms with Gasteiger partial charge in [-0.2, -0.15) is 0 Å². The third-order valence-electron chi connectivity index (χ3n) is 5.94. The number of carbonyl (C=O) groups is 2. The van der Waals surface area contributed by atoms with Gasteiger partial charge < -0.3 is 4.57 Å². The van der Waals surface area contributed by atoms with Crippen molar-refractivity contribution >= 4 is 51.7 Å². The zero-order chi connectivity index (χ0) is 22.4. The minimum atomic E-state index is -0.220. The normalized spacial score (nSPS) is 13.2. The lowest BCUT2D eigenvalue weighted by molar-refractivity contribution is 0.0990. The molecule has 0 aliphatic heterocycles. The van der Waals surface area contributed by atoms with Crippen LogP contribution in [0.1, 0.15) is 44.3 Å². The number of benzene rings is 3. The Labute approximate surface area is 195 Å². The summed E-state index contributed by atoms with van der Waals surface area (Å²) in [4.78, 5) is 25.8. The third kappa shape index (κ3) is 3.38. The Bertz CT molecular complexity index is 1410. The summed E-state index contributed by atoms with van der Waals surface area (Å²) in [5, 5.41) is 2.04. The fourth-order valence-electron chi connectivity index (χ4n) is 4.38. The highest BCUT2D eigenvalue weighted by molar-refractivity contribution is 6.42. The number of hydrogen-bond donors (Lipinski definition) is 0. The fourth-order valence-corrected chi connectivity index (χ4v) is 4.70. The van der Waals surface area contributed by atoms with E-state index in [9.17, 15) is 9.59 Å². The lowest BCUT2D eigenvalue weighted by atomic mass is 10.0. The molecule has 0 saturated carbocycles. The lowest BCUT2D eigenvalue weighted by Gasteiger charge is -2.09. The van der Waals surface area contributed by atoms with Crippen molar-refractivity contribution in [3.05, 3.63) is 110 Å². The van der Waals surface area contributed by atoms with Gasteiger partial charge in [-0.1, -0.05) is 78.7 Å². The minimum Gasteiger partial charge on any atom is -0.342 e. The number of hydrogen-bond acceptors (Lipinski definition) is 2. The van der Waals surface area contributed by atoms with Gasteiger partial charge in [0.1, 0.15) is 0 Å². The molecular weight excluding hydrogens is 441 g/mol. The highest BCUT2D eigenvalue weighted by Gasteiger charge is 2.32. The Morgan fingerprint density at radius 1 is 0.875 bits per heavy atom. The molecule has 4 aromatic rings. The predicted octanol–water partition coefficient (Wildman–Crippen LogP) is 7.02. The number of ketones is 2. The first-order chi connectivity index (χ1) is 15.5. The van der Waals surface area contributed by atoms with Crippen LogP contribution in [0.25, 0.3) is 17.0 Å². The summed E-state index contributed by atoms with van der Waals surface area (Å²) in [7, 11) is 0. The Morgan fingerprint density at radius 3 is 2.25 bits per heavy atom. The van der Waals surface area contributed by atoms with Gasteiger partial charge in [-0.3, -0.25) is 9.59 Å². The number of Topliss-reactive ketones (excluding diaryl/α,β-unsaturated/α-hetero) is 2. The molecule has 1 aromatic heterocycles. The first-order valence-corrected chi connectivity index (χ1v) is 11.2. The zero-order valence-electron chi connectivity index (χ0n) is 17.4. The first kappa shape index (κ1) is 20.7. The molecular formula is C27H19Cl2NO2. The number of halogens is 2. The van der Waals surface area contributed by atoms with Crippen LogP contribution in [0, 0.1) is 0 Å². The molecule has 1 heterocycles. The van der Waals surface area contributed by atoms with Crippen molar-refractivity contribution in [3.63, 3.8) is 0 Å². The maximum Gasteiger partial charge on any atom is 0.197 e. The number of fused-ring (bicyclic) bond motifs is 2. The Morgan fingerprint density at radius 2 is 1.59 bits per heavy atom. The molecule has 0 saturated heterocycles. The molecule has 0 atom stereocenters. The highest BCUT2D eigenvalue weighted by atomic mass is 35.5.